The highest BCUT2D eigenvalue weighted by atomic mass is 15.1. The first-order chi connectivity index (χ1) is 24.7. The highest BCUT2D eigenvalue weighted by Crippen LogP contribution is 2.57. The van der Waals surface area contributed by atoms with E-state index in [1.54, 1.807) is 0 Å². The van der Waals surface area contributed by atoms with Crippen LogP contribution >= 0.6 is 0 Å². The molecule has 1 heterocycles. The Kier molecular flexibility index (Phi) is 7.10. The second-order valence-corrected chi connectivity index (χ2v) is 12.9. The summed E-state index contributed by atoms with van der Waals surface area (Å²) in [6.07, 6.45) is 4.26. The number of nitrogens with zero attached hydrogens (tertiary/aromatic N) is 2. The summed E-state index contributed by atoms with van der Waals surface area (Å²) in [6, 6.07) is 63.8. The van der Waals surface area contributed by atoms with Gasteiger partial charge in [-0.2, -0.15) is 0 Å². The van der Waals surface area contributed by atoms with E-state index in [0.29, 0.717) is 0 Å². The minimum Gasteiger partial charge on any atom is -0.310 e. The van der Waals surface area contributed by atoms with Crippen molar-refractivity contribution in [3.63, 3.8) is 0 Å². The summed E-state index contributed by atoms with van der Waals surface area (Å²) in [7, 11) is 0. The Morgan fingerprint density at radius 3 is 1.90 bits per heavy atom. The highest BCUT2D eigenvalue weighted by molar-refractivity contribution is 6.10. The van der Waals surface area contributed by atoms with Crippen LogP contribution in [0, 0.1) is 0 Å². The molecule has 1 aromatic heterocycles. The summed E-state index contributed by atoms with van der Waals surface area (Å²) in [5.41, 5.74) is 13.8. The first kappa shape index (κ1) is 29.7. The van der Waals surface area contributed by atoms with Gasteiger partial charge in [0.1, 0.15) is 0 Å². The minimum absolute atomic E-state index is 0.508. The van der Waals surface area contributed by atoms with E-state index in [1.807, 2.05) is 6.08 Å². The van der Waals surface area contributed by atoms with Gasteiger partial charge in [0.25, 0.3) is 0 Å². The second-order valence-electron chi connectivity index (χ2n) is 12.9. The molecule has 0 spiro atoms. The number of hydrogen-bond acceptors (Lipinski definition) is 1. The molecule has 8 aromatic rings. The lowest BCUT2D eigenvalue weighted by molar-refractivity contribution is 0.765. The maximum absolute atomic E-state index is 4.34. The van der Waals surface area contributed by atoms with Gasteiger partial charge < -0.3 is 9.47 Å². The van der Waals surface area contributed by atoms with Gasteiger partial charge in [-0.25, -0.2) is 0 Å². The van der Waals surface area contributed by atoms with Crippen LogP contribution in [0.1, 0.15) is 23.6 Å². The van der Waals surface area contributed by atoms with Gasteiger partial charge in [0.15, 0.2) is 0 Å². The number of para-hydroxylation sites is 3. The monoisotopic (exact) mass is 640 g/mol. The minimum atomic E-state index is -0.508. The number of anilines is 3. The summed E-state index contributed by atoms with van der Waals surface area (Å²) >= 11 is 0. The Bertz CT molecular complexity index is 2560. The van der Waals surface area contributed by atoms with E-state index in [0.717, 1.165) is 22.7 Å². The molecular formula is C48H36N2. The lowest BCUT2D eigenvalue weighted by Crippen LogP contribution is -2.29. The van der Waals surface area contributed by atoms with E-state index in [1.165, 1.54) is 55.2 Å². The number of rotatable bonds is 7. The van der Waals surface area contributed by atoms with Gasteiger partial charge in [-0.15, -0.1) is 0 Å². The molecule has 50 heavy (non-hydrogen) atoms. The Balaban J connectivity index is 1.32. The molecule has 0 radical (unpaired) electrons. The van der Waals surface area contributed by atoms with Crippen LogP contribution in [0.2, 0.25) is 0 Å². The van der Waals surface area contributed by atoms with E-state index < -0.39 is 5.41 Å². The van der Waals surface area contributed by atoms with E-state index in [2.05, 4.69) is 205 Å². The molecule has 2 nitrogen and oxygen atoms in total. The maximum atomic E-state index is 4.34. The first-order valence-electron chi connectivity index (χ1n) is 17.3. The average Bonchev–Trinajstić information content (AvgIpc) is 3.67. The van der Waals surface area contributed by atoms with Crippen molar-refractivity contribution in [2.24, 2.45) is 0 Å². The van der Waals surface area contributed by atoms with Crippen LogP contribution in [0.15, 0.2) is 200 Å². The van der Waals surface area contributed by atoms with Crippen LogP contribution in [0.5, 0.6) is 0 Å². The number of benzene rings is 7. The molecule has 1 aliphatic rings. The molecule has 7 aromatic carbocycles. The molecule has 1 atom stereocenters. The average molecular weight is 641 g/mol. The molecule has 1 unspecified atom stereocenters. The standard InChI is InChI=1S/C48H36N2/c1-3-34(4-2)48(35-18-8-5-9-19-35)44-26-16-14-24-40(44)41-30-28-38(32-45(41)48)49(36-20-10-6-11-21-36)39-29-31-43-42-25-15-17-27-46(42)50(47(43)33-39)37-22-12-7-13-23-37/h3-33H,1H2,2H3/b34-4+. The third-order valence-electron chi connectivity index (χ3n) is 10.4. The zero-order valence-electron chi connectivity index (χ0n) is 28.0. The fraction of sp³-hybridized carbons (Fsp3) is 0.0417. The zero-order valence-corrected chi connectivity index (χ0v) is 28.0. The Morgan fingerprint density at radius 2 is 1.14 bits per heavy atom. The van der Waals surface area contributed by atoms with Crippen molar-refractivity contribution in [2.75, 3.05) is 4.90 Å². The Morgan fingerprint density at radius 1 is 0.540 bits per heavy atom. The molecule has 0 bridgehead atoms. The second kappa shape index (κ2) is 11.9. The van der Waals surface area contributed by atoms with Gasteiger partial charge in [0.2, 0.25) is 0 Å². The Hall–Kier alpha value is -6.38. The van der Waals surface area contributed by atoms with Crippen molar-refractivity contribution in [2.45, 2.75) is 12.3 Å². The van der Waals surface area contributed by atoms with Crippen molar-refractivity contribution < 1.29 is 0 Å². The van der Waals surface area contributed by atoms with Crippen molar-refractivity contribution in [1.29, 1.82) is 0 Å². The normalized spacial score (nSPS) is 15.2. The molecule has 0 fully saturated rings. The summed E-state index contributed by atoms with van der Waals surface area (Å²) in [4.78, 5) is 2.40. The number of fused-ring (bicyclic) bond motifs is 6. The molecule has 2 heteroatoms. The van der Waals surface area contributed by atoms with Crippen molar-refractivity contribution in [1.82, 2.24) is 4.57 Å². The smallest absolute Gasteiger partial charge is 0.0710 e. The third-order valence-corrected chi connectivity index (χ3v) is 10.4. The SMILES string of the molecule is C=C/C(=C\C)C1(c2ccccc2)c2ccccc2-c2ccc(N(c3ccccc3)c3ccc4c5ccccc5n(-c5ccccc5)c4c3)cc21. The van der Waals surface area contributed by atoms with Crippen LogP contribution in [0.3, 0.4) is 0 Å². The molecular weight excluding hydrogens is 605 g/mol. The maximum Gasteiger partial charge on any atom is 0.0710 e. The van der Waals surface area contributed by atoms with Gasteiger partial charge in [-0.3, -0.25) is 0 Å². The van der Waals surface area contributed by atoms with Gasteiger partial charge in [0, 0.05) is 33.5 Å². The van der Waals surface area contributed by atoms with Crippen molar-refractivity contribution >= 4 is 38.9 Å². The quantitative estimate of drug-likeness (QED) is 0.157. The molecule has 0 saturated heterocycles. The topological polar surface area (TPSA) is 8.17 Å². The lowest BCUT2D eigenvalue weighted by atomic mass is 9.67. The summed E-state index contributed by atoms with van der Waals surface area (Å²) in [5.74, 6) is 0. The first-order valence-corrected chi connectivity index (χ1v) is 17.3. The van der Waals surface area contributed by atoms with Gasteiger partial charge in [-0.1, -0.05) is 140 Å². The third kappa shape index (κ3) is 4.35. The molecule has 0 aliphatic heterocycles. The Labute approximate surface area is 293 Å². The molecule has 0 amide bonds. The molecule has 238 valence electrons. The van der Waals surface area contributed by atoms with Gasteiger partial charge in [-0.05, 0) is 94.9 Å². The van der Waals surface area contributed by atoms with Crippen LogP contribution in [-0.4, -0.2) is 4.57 Å². The van der Waals surface area contributed by atoms with Gasteiger partial charge in [0.05, 0.1) is 16.4 Å². The number of allylic oxidation sites excluding steroid dienone is 3. The van der Waals surface area contributed by atoms with Crippen LogP contribution in [-0.2, 0) is 5.41 Å². The molecule has 0 N–H and O–H groups in total. The van der Waals surface area contributed by atoms with Crippen molar-refractivity contribution in [3.8, 4) is 16.8 Å². The van der Waals surface area contributed by atoms with E-state index >= 15 is 0 Å². The molecule has 9 rings (SSSR count). The summed E-state index contributed by atoms with van der Waals surface area (Å²) in [5, 5.41) is 2.48. The van der Waals surface area contributed by atoms with E-state index in [4.69, 9.17) is 0 Å². The van der Waals surface area contributed by atoms with Crippen LogP contribution < -0.4 is 4.90 Å². The predicted octanol–water partition coefficient (Wildman–Crippen LogP) is 12.7. The number of aromatic nitrogens is 1. The number of hydrogen-bond donors (Lipinski definition) is 0. The highest BCUT2D eigenvalue weighted by Gasteiger charge is 2.46. The molecule has 0 saturated carbocycles. The molecule has 1 aliphatic carbocycles. The summed E-state index contributed by atoms with van der Waals surface area (Å²) in [6.45, 7) is 6.47. The largest absolute Gasteiger partial charge is 0.310 e. The van der Waals surface area contributed by atoms with E-state index in [9.17, 15) is 0 Å². The van der Waals surface area contributed by atoms with Crippen LogP contribution in [0.25, 0.3) is 38.6 Å². The van der Waals surface area contributed by atoms with Gasteiger partial charge >= 0.3 is 0 Å². The van der Waals surface area contributed by atoms with Crippen molar-refractivity contribution in [3.05, 3.63) is 217 Å². The zero-order chi connectivity index (χ0) is 33.7. The lowest BCUT2D eigenvalue weighted by Gasteiger charge is -2.35. The van der Waals surface area contributed by atoms with Crippen LogP contribution in [0.4, 0.5) is 17.1 Å². The summed E-state index contributed by atoms with van der Waals surface area (Å²) < 4.78 is 2.39. The predicted molar refractivity (Wildman–Crippen MR) is 211 cm³/mol. The fourth-order valence-electron chi connectivity index (χ4n) is 8.35. The fourth-order valence-corrected chi connectivity index (χ4v) is 8.35. The van der Waals surface area contributed by atoms with E-state index in [-0.39, 0.29) is 0 Å².